The first-order valence-corrected chi connectivity index (χ1v) is 19.0. The van der Waals surface area contributed by atoms with E-state index in [1.54, 1.807) is 0 Å². The summed E-state index contributed by atoms with van der Waals surface area (Å²) in [5.74, 6) is -9.53. The first-order chi connectivity index (χ1) is 29.5. The molecule has 62 heavy (non-hydrogen) atoms. The molecule has 4 aliphatic heterocycles. The van der Waals surface area contributed by atoms with Crippen LogP contribution in [0.5, 0.6) is 23.0 Å². The van der Waals surface area contributed by atoms with E-state index in [1.165, 1.54) is 18.2 Å². The molecule has 3 saturated heterocycles. The quantitative estimate of drug-likeness (QED) is 0.0581. The number of rotatable bonds is 13. The topological polar surface area (TPSA) is 319 Å². The molecule has 3 fully saturated rings. The van der Waals surface area contributed by atoms with Crippen LogP contribution in [0.1, 0.15) is 41.0 Å². The molecule has 2 aromatic rings. The third kappa shape index (κ3) is 9.55. The van der Waals surface area contributed by atoms with Crippen LogP contribution in [0.2, 0.25) is 0 Å². The number of carbonyl (C=O) groups excluding carboxylic acids is 5. The molecule has 2 aromatic carbocycles. The maximum Gasteiger partial charge on any atom is 0.342 e. The summed E-state index contributed by atoms with van der Waals surface area (Å²) in [6.45, 7) is 4.41. The number of aliphatic hydroxyl groups is 4. The van der Waals surface area contributed by atoms with Gasteiger partial charge in [0.2, 0.25) is 18.9 Å². The summed E-state index contributed by atoms with van der Waals surface area (Å²) in [6.07, 6.45) is -16.3. The molecular formula is C40H44O22. The number of para-hydroxylation sites is 2. The maximum absolute atomic E-state index is 14.0. The molecule has 13 atom stereocenters. The second-order valence-corrected chi connectivity index (χ2v) is 14.4. The molecule has 4 heterocycles. The number of ether oxygens (including phenoxy) is 10. The normalized spacial score (nSPS) is 31.7. The third-order valence-corrected chi connectivity index (χ3v) is 10.3. The van der Waals surface area contributed by atoms with Crippen LogP contribution in [-0.4, -0.2) is 153 Å². The molecule has 0 unspecified atom stereocenters. The minimum Gasteiger partial charge on any atom is -0.504 e. The van der Waals surface area contributed by atoms with Gasteiger partial charge in [0.15, 0.2) is 41.3 Å². The van der Waals surface area contributed by atoms with Crippen molar-refractivity contribution in [3.05, 3.63) is 72.0 Å². The van der Waals surface area contributed by atoms with Crippen LogP contribution in [0.4, 0.5) is 0 Å². The number of benzene rings is 2. The van der Waals surface area contributed by atoms with Crippen molar-refractivity contribution in [3.8, 4) is 23.0 Å². The highest BCUT2D eigenvalue weighted by Gasteiger charge is 2.55. The number of hydrogen-bond acceptors (Lipinski definition) is 22. The predicted octanol–water partition coefficient (Wildman–Crippen LogP) is -0.425. The van der Waals surface area contributed by atoms with E-state index in [1.807, 2.05) is 0 Å². The molecule has 0 bridgehead atoms. The van der Waals surface area contributed by atoms with Crippen LogP contribution in [0.25, 0.3) is 0 Å². The van der Waals surface area contributed by atoms with Gasteiger partial charge in [0.1, 0.15) is 48.3 Å². The van der Waals surface area contributed by atoms with Gasteiger partial charge < -0.3 is 83.1 Å². The van der Waals surface area contributed by atoms with E-state index in [2.05, 4.69) is 6.58 Å². The SMILES string of the molecule is C=C[C@H]1[C@H](O[C@@H]2O[C@H](COC(C)=O)[C@@H](OC(=O)c3cccc(O[C@@H]4O[C@H](CO)[C@@H](O)[C@H](O)[C@H]4O)c3O)[C@H](OC(C)=O)[C@H]2OC(=O)c2cccc(O)c2O)OC=C2C(=O)OCC[C@H]21. The van der Waals surface area contributed by atoms with Crippen LogP contribution in [0.3, 0.4) is 0 Å². The monoisotopic (exact) mass is 876 g/mol. The van der Waals surface area contributed by atoms with Gasteiger partial charge in [-0.2, -0.15) is 0 Å². The Bertz CT molecular complexity index is 2050. The van der Waals surface area contributed by atoms with Crippen molar-refractivity contribution in [3.63, 3.8) is 0 Å². The Balaban J connectivity index is 1.36. The van der Waals surface area contributed by atoms with Crippen LogP contribution in [0.15, 0.2) is 60.9 Å². The fourth-order valence-electron chi connectivity index (χ4n) is 7.21. The van der Waals surface area contributed by atoms with Crippen molar-refractivity contribution in [2.45, 2.75) is 88.0 Å². The molecule has 0 aromatic heterocycles. The van der Waals surface area contributed by atoms with Gasteiger partial charge in [-0.25, -0.2) is 14.4 Å². The van der Waals surface area contributed by atoms with Crippen molar-refractivity contribution < 1.29 is 107 Å². The Morgan fingerprint density at radius 3 is 2.11 bits per heavy atom. The second-order valence-electron chi connectivity index (χ2n) is 14.4. The Hall–Kier alpha value is -6.01. The number of esters is 5. The van der Waals surface area contributed by atoms with Gasteiger partial charge in [0.25, 0.3) is 0 Å². The molecule has 6 rings (SSSR count). The smallest absolute Gasteiger partial charge is 0.342 e. The summed E-state index contributed by atoms with van der Waals surface area (Å²) in [4.78, 5) is 65.2. The first kappa shape index (κ1) is 45.5. The summed E-state index contributed by atoms with van der Waals surface area (Å²) in [6, 6.07) is 6.79. The third-order valence-electron chi connectivity index (χ3n) is 10.3. The van der Waals surface area contributed by atoms with Crippen molar-refractivity contribution in [2.24, 2.45) is 11.8 Å². The number of hydrogen-bond donors (Lipinski definition) is 7. The molecule has 0 radical (unpaired) electrons. The molecule has 7 N–H and O–H groups in total. The van der Waals surface area contributed by atoms with Crippen molar-refractivity contribution in [2.75, 3.05) is 19.8 Å². The minimum absolute atomic E-state index is 0.0653. The zero-order chi connectivity index (χ0) is 45.0. The average molecular weight is 877 g/mol. The number of cyclic esters (lactones) is 1. The van der Waals surface area contributed by atoms with Gasteiger partial charge in [-0.1, -0.05) is 18.2 Å². The minimum atomic E-state index is -1.95. The number of fused-ring (bicyclic) bond motifs is 1. The molecule has 22 nitrogen and oxygen atoms in total. The summed E-state index contributed by atoms with van der Waals surface area (Å²) in [7, 11) is 0. The average Bonchev–Trinajstić information content (AvgIpc) is 3.23. The Morgan fingerprint density at radius 2 is 1.45 bits per heavy atom. The zero-order valence-corrected chi connectivity index (χ0v) is 32.9. The molecule has 0 aliphatic carbocycles. The fraction of sp³-hybridized carbons (Fsp3) is 0.475. The van der Waals surface area contributed by atoms with Crippen LogP contribution in [-0.2, 0) is 57.0 Å². The van der Waals surface area contributed by atoms with E-state index in [0.29, 0.717) is 6.42 Å². The van der Waals surface area contributed by atoms with Gasteiger partial charge in [0, 0.05) is 25.7 Å². The number of carbonyl (C=O) groups is 5. The Morgan fingerprint density at radius 1 is 0.790 bits per heavy atom. The Kier molecular flexibility index (Phi) is 14.2. The summed E-state index contributed by atoms with van der Waals surface area (Å²) >= 11 is 0. The highest BCUT2D eigenvalue weighted by Crippen LogP contribution is 2.41. The van der Waals surface area contributed by atoms with Gasteiger partial charge in [-0.15, -0.1) is 6.58 Å². The van der Waals surface area contributed by atoms with Crippen molar-refractivity contribution in [1.29, 1.82) is 0 Å². The van der Waals surface area contributed by atoms with Crippen LogP contribution >= 0.6 is 0 Å². The molecule has 0 spiro atoms. The largest absolute Gasteiger partial charge is 0.504 e. The Labute approximate surface area is 351 Å². The lowest BCUT2D eigenvalue weighted by Gasteiger charge is -2.46. The van der Waals surface area contributed by atoms with E-state index < -0.39 is 157 Å². The lowest BCUT2D eigenvalue weighted by molar-refractivity contribution is -0.338. The van der Waals surface area contributed by atoms with Crippen LogP contribution < -0.4 is 4.74 Å². The lowest BCUT2D eigenvalue weighted by Crippen LogP contribution is -2.64. The zero-order valence-electron chi connectivity index (χ0n) is 32.9. The fourth-order valence-corrected chi connectivity index (χ4v) is 7.21. The van der Waals surface area contributed by atoms with Crippen molar-refractivity contribution in [1.82, 2.24) is 0 Å². The van der Waals surface area contributed by atoms with E-state index in [9.17, 15) is 59.7 Å². The van der Waals surface area contributed by atoms with E-state index in [0.717, 1.165) is 44.4 Å². The van der Waals surface area contributed by atoms with E-state index in [-0.39, 0.29) is 12.2 Å². The predicted molar refractivity (Wildman–Crippen MR) is 198 cm³/mol. The second kappa shape index (κ2) is 19.4. The lowest BCUT2D eigenvalue weighted by atomic mass is 9.81. The highest BCUT2D eigenvalue weighted by molar-refractivity contribution is 5.94. The summed E-state index contributed by atoms with van der Waals surface area (Å²) in [5.41, 5.74) is -1.01. The number of aliphatic hydroxyl groups excluding tert-OH is 4. The first-order valence-electron chi connectivity index (χ1n) is 19.0. The molecule has 0 saturated carbocycles. The van der Waals surface area contributed by atoms with Crippen molar-refractivity contribution >= 4 is 29.8 Å². The molecule has 22 heteroatoms. The summed E-state index contributed by atoms with van der Waals surface area (Å²) < 4.78 is 56.6. The number of phenols is 3. The number of aromatic hydroxyl groups is 3. The maximum atomic E-state index is 14.0. The van der Waals surface area contributed by atoms with Gasteiger partial charge in [0.05, 0.1) is 25.0 Å². The highest BCUT2D eigenvalue weighted by atomic mass is 16.8. The standard InChI is InChI=1S/C40H44O22/c1-4-18-19-11-12-53-35(50)22(19)14-55-38(18)62-40-34(61-36(51)20-7-5-9-23(44)27(20)45)33(56-17(3)43)32(26(59-40)15-54-16(2)42)60-37(52)21-8-6-10-24(28(21)46)57-39-31(49)30(48)29(47)25(13-41)58-39/h4-10,14,18-19,25-26,29-34,38-41,44-49H,1,11-13,15H2,2-3H3/t18-,19+,25-,26-,29-,30+,31-,32-,33+,34-,38+,39-,40+/m1/s1. The van der Waals surface area contributed by atoms with Gasteiger partial charge >= 0.3 is 29.8 Å². The van der Waals surface area contributed by atoms with Crippen LogP contribution in [0, 0.1) is 11.8 Å². The molecular weight excluding hydrogens is 832 g/mol. The van der Waals surface area contributed by atoms with E-state index >= 15 is 0 Å². The molecule has 336 valence electrons. The molecule has 4 aliphatic rings. The molecule has 0 amide bonds. The van der Waals surface area contributed by atoms with Gasteiger partial charge in [-0.3, -0.25) is 9.59 Å². The van der Waals surface area contributed by atoms with E-state index in [4.69, 9.17) is 47.4 Å². The number of phenolic OH excluding ortho intramolecular Hbond substituents is 3. The summed E-state index contributed by atoms with van der Waals surface area (Å²) in [5, 5.41) is 72.3. The van der Waals surface area contributed by atoms with Gasteiger partial charge in [-0.05, 0) is 30.7 Å².